The molecule has 2 N–H and O–H groups in total. The summed E-state index contributed by atoms with van der Waals surface area (Å²) in [7, 11) is 1.72. The van der Waals surface area contributed by atoms with E-state index in [-0.39, 0.29) is 23.7 Å². The first-order chi connectivity index (χ1) is 6.93. The minimum Gasteiger partial charge on any atom is -0.341 e. The summed E-state index contributed by atoms with van der Waals surface area (Å²) in [6.45, 7) is 8.82. The summed E-state index contributed by atoms with van der Waals surface area (Å²) < 4.78 is 0. The van der Waals surface area contributed by atoms with Gasteiger partial charge in [-0.2, -0.15) is 0 Å². The van der Waals surface area contributed by atoms with Crippen LogP contribution < -0.4 is 10.6 Å². The maximum Gasteiger partial charge on any atom is 0.238 e. The summed E-state index contributed by atoms with van der Waals surface area (Å²) in [5.41, 5.74) is 0. The van der Waals surface area contributed by atoms with E-state index in [1.807, 2.05) is 13.8 Å². The first-order valence-electron chi connectivity index (χ1n) is 5.04. The van der Waals surface area contributed by atoms with Gasteiger partial charge in [0.15, 0.2) is 5.78 Å². The molecule has 0 aromatic rings. The lowest BCUT2D eigenvalue weighted by Crippen LogP contribution is -2.50. The molecule has 0 fully saturated rings. The van der Waals surface area contributed by atoms with Crippen molar-refractivity contribution < 1.29 is 9.59 Å². The normalized spacial score (nSPS) is 14.5. The minimum atomic E-state index is -0.591. The van der Waals surface area contributed by atoms with Crippen LogP contribution in [0.15, 0.2) is 12.7 Å². The fourth-order valence-corrected chi connectivity index (χ4v) is 1.34. The summed E-state index contributed by atoms with van der Waals surface area (Å²) in [5, 5.41) is 5.54. The van der Waals surface area contributed by atoms with Gasteiger partial charge in [0.05, 0.1) is 6.04 Å². The summed E-state index contributed by atoms with van der Waals surface area (Å²) in [4.78, 5) is 22.8. The van der Waals surface area contributed by atoms with E-state index in [0.717, 1.165) is 0 Å². The molecule has 0 spiro atoms. The van der Waals surface area contributed by atoms with Crippen LogP contribution in [-0.4, -0.2) is 30.8 Å². The van der Waals surface area contributed by atoms with Crippen molar-refractivity contribution in [1.29, 1.82) is 0 Å². The van der Waals surface area contributed by atoms with Gasteiger partial charge in [-0.3, -0.25) is 9.59 Å². The van der Waals surface area contributed by atoms with Crippen LogP contribution in [0.3, 0.4) is 0 Å². The second kappa shape index (κ2) is 6.35. The smallest absolute Gasteiger partial charge is 0.238 e. The van der Waals surface area contributed by atoms with Gasteiger partial charge >= 0.3 is 0 Å². The van der Waals surface area contributed by atoms with Gasteiger partial charge in [0, 0.05) is 0 Å². The first kappa shape index (κ1) is 13.8. The maximum atomic E-state index is 11.7. The Balaban J connectivity index is 4.44. The van der Waals surface area contributed by atoms with Crippen molar-refractivity contribution in [3.05, 3.63) is 12.7 Å². The molecular formula is C11H20N2O2. The molecule has 0 aliphatic rings. The van der Waals surface area contributed by atoms with Crippen molar-refractivity contribution in [2.24, 2.45) is 5.92 Å². The minimum absolute atomic E-state index is 0.114. The van der Waals surface area contributed by atoms with Gasteiger partial charge in [-0.1, -0.05) is 19.9 Å². The maximum absolute atomic E-state index is 11.7. The highest BCUT2D eigenvalue weighted by atomic mass is 16.2. The molecule has 0 saturated carbocycles. The molecular weight excluding hydrogens is 192 g/mol. The molecule has 4 heteroatoms. The molecule has 0 rings (SSSR count). The third kappa shape index (κ3) is 4.25. The molecule has 0 radical (unpaired) electrons. The average molecular weight is 212 g/mol. The highest BCUT2D eigenvalue weighted by Gasteiger charge is 2.22. The van der Waals surface area contributed by atoms with Gasteiger partial charge in [-0.05, 0) is 19.9 Å². The number of carbonyl (C=O) groups is 2. The number of amides is 1. The molecule has 15 heavy (non-hydrogen) atoms. The first-order valence-corrected chi connectivity index (χ1v) is 5.04. The number of nitrogens with one attached hydrogen (secondary N) is 2. The molecule has 0 bridgehead atoms. The Labute approximate surface area is 91.1 Å². The van der Waals surface area contributed by atoms with Gasteiger partial charge in [0.25, 0.3) is 0 Å². The Morgan fingerprint density at radius 3 is 2.13 bits per heavy atom. The second-order valence-corrected chi connectivity index (χ2v) is 3.84. The van der Waals surface area contributed by atoms with Crippen LogP contribution in [-0.2, 0) is 9.59 Å². The lowest BCUT2D eigenvalue weighted by molar-refractivity contribution is -0.128. The highest BCUT2D eigenvalue weighted by molar-refractivity contribution is 5.90. The van der Waals surface area contributed by atoms with E-state index in [4.69, 9.17) is 0 Å². The van der Waals surface area contributed by atoms with Gasteiger partial charge < -0.3 is 10.6 Å². The fraction of sp³-hybridized carbons (Fsp3) is 0.636. The van der Waals surface area contributed by atoms with Gasteiger partial charge in [0.2, 0.25) is 5.91 Å². The average Bonchev–Trinajstić information content (AvgIpc) is 2.14. The number of hydrogen-bond acceptors (Lipinski definition) is 3. The number of hydrogen-bond donors (Lipinski definition) is 2. The number of carbonyl (C=O) groups excluding carboxylic acids is 2. The van der Waals surface area contributed by atoms with Crippen molar-refractivity contribution in [3.8, 4) is 0 Å². The van der Waals surface area contributed by atoms with Crippen LogP contribution in [0, 0.1) is 5.92 Å². The zero-order chi connectivity index (χ0) is 12.0. The molecule has 4 nitrogen and oxygen atoms in total. The standard InChI is InChI=1S/C11H20N2O2/c1-6-9(8(4)14)13-11(15)10(12-5)7(2)3/h6-7,9-10,12H,1H2,2-5H3,(H,13,15)/t9?,10-/m0/s1. The van der Waals surface area contributed by atoms with Crippen molar-refractivity contribution >= 4 is 11.7 Å². The summed E-state index contributed by atoms with van der Waals surface area (Å²) >= 11 is 0. The molecule has 0 aliphatic carbocycles. The highest BCUT2D eigenvalue weighted by Crippen LogP contribution is 2.01. The summed E-state index contributed by atoms with van der Waals surface area (Å²) in [5.74, 6) is -0.114. The van der Waals surface area contributed by atoms with Crippen LogP contribution in [0.2, 0.25) is 0 Å². The lowest BCUT2D eigenvalue weighted by atomic mass is 10.0. The van der Waals surface area contributed by atoms with Crippen molar-refractivity contribution in [2.75, 3.05) is 7.05 Å². The topological polar surface area (TPSA) is 58.2 Å². The summed E-state index contributed by atoms with van der Waals surface area (Å²) in [6, 6.07) is -0.876. The quantitative estimate of drug-likeness (QED) is 0.630. The fourth-order valence-electron chi connectivity index (χ4n) is 1.34. The van der Waals surface area contributed by atoms with Gasteiger partial charge in [-0.15, -0.1) is 6.58 Å². The molecule has 2 atom stereocenters. The zero-order valence-electron chi connectivity index (χ0n) is 9.83. The van der Waals surface area contributed by atoms with Crippen LogP contribution in [0.5, 0.6) is 0 Å². The number of ketones is 1. The molecule has 1 amide bonds. The van der Waals surface area contributed by atoms with Gasteiger partial charge in [0.1, 0.15) is 6.04 Å². The molecule has 1 unspecified atom stereocenters. The monoisotopic (exact) mass is 212 g/mol. The molecule has 0 aromatic heterocycles. The van der Waals surface area contributed by atoms with E-state index in [2.05, 4.69) is 17.2 Å². The molecule has 0 aliphatic heterocycles. The van der Waals surface area contributed by atoms with E-state index in [1.54, 1.807) is 7.05 Å². The Bertz CT molecular complexity index is 249. The van der Waals surface area contributed by atoms with Crippen molar-refractivity contribution in [2.45, 2.75) is 32.9 Å². The van der Waals surface area contributed by atoms with E-state index >= 15 is 0 Å². The second-order valence-electron chi connectivity index (χ2n) is 3.84. The Hall–Kier alpha value is -1.16. The molecule has 0 heterocycles. The third-order valence-corrected chi connectivity index (χ3v) is 2.23. The van der Waals surface area contributed by atoms with Crippen LogP contribution in [0.1, 0.15) is 20.8 Å². The predicted molar refractivity (Wildman–Crippen MR) is 60.5 cm³/mol. The Kier molecular flexibility index (Phi) is 5.86. The third-order valence-electron chi connectivity index (χ3n) is 2.23. The molecule has 0 aromatic carbocycles. The van der Waals surface area contributed by atoms with Crippen LogP contribution in [0.4, 0.5) is 0 Å². The van der Waals surface area contributed by atoms with Crippen molar-refractivity contribution in [1.82, 2.24) is 10.6 Å². The lowest BCUT2D eigenvalue weighted by Gasteiger charge is -2.21. The molecule has 0 saturated heterocycles. The number of likely N-dealkylation sites (N-methyl/N-ethyl adjacent to an activating group) is 1. The zero-order valence-corrected chi connectivity index (χ0v) is 9.83. The van der Waals surface area contributed by atoms with Gasteiger partial charge in [-0.25, -0.2) is 0 Å². The summed E-state index contributed by atoms with van der Waals surface area (Å²) in [6.07, 6.45) is 1.44. The van der Waals surface area contributed by atoms with E-state index < -0.39 is 6.04 Å². The molecule has 86 valence electrons. The van der Waals surface area contributed by atoms with Crippen LogP contribution >= 0.6 is 0 Å². The number of rotatable bonds is 6. The largest absolute Gasteiger partial charge is 0.341 e. The van der Waals surface area contributed by atoms with Crippen molar-refractivity contribution in [3.63, 3.8) is 0 Å². The van der Waals surface area contributed by atoms with E-state index in [1.165, 1.54) is 13.0 Å². The van der Waals surface area contributed by atoms with Crippen LogP contribution in [0.25, 0.3) is 0 Å². The Morgan fingerprint density at radius 2 is 1.87 bits per heavy atom. The Morgan fingerprint density at radius 1 is 1.33 bits per heavy atom. The SMILES string of the molecule is C=CC(NC(=O)[C@@H](NC)C(C)C)C(C)=O. The van der Waals surface area contributed by atoms with E-state index in [0.29, 0.717) is 0 Å². The number of Topliss-reactive ketones (excluding diaryl/α,β-unsaturated/α-hetero) is 1. The van der Waals surface area contributed by atoms with E-state index in [9.17, 15) is 9.59 Å². The predicted octanol–water partition coefficient (Wildman–Crippen LogP) is 0.490.